The molecule has 0 bridgehead atoms. The lowest BCUT2D eigenvalue weighted by atomic mass is 9.92. The Bertz CT molecular complexity index is 453. The van der Waals surface area contributed by atoms with Gasteiger partial charge in [0.15, 0.2) is 0 Å². The van der Waals surface area contributed by atoms with E-state index in [4.69, 9.17) is 10.5 Å². The Hall–Kier alpha value is -1.41. The van der Waals surface area contributed by atoms with Crippen molar-refractivity contribution in [3.05, 3.63) is 35.9 Å². The molecule has 4 nitrogen and oxygen atoms in total. The Balaban J connectivity index is 1.80. The topological polar surface area (TPSA) is 62.3 Å². The highest BCUT2D eigenvalue weighted by Crippen LogP contribution is 2.28. The lowest BCUT2D eigenvalue weighted by Crippen LogP contribution is -2.46. The predicted octanol–water partition coefficient (Wildman–Crippen LogP) is 1.72. The zero-order valence-corrected chi connectivity index (χ0v) is 12.1. The highest BCUT2D eigenvalue weighted by Gasteiger charge is 2.28. The van der Waals surface area contributed by atoms with Gasteiger partial charge in [0, 0.05) is 19.7 Å². The molecule has 20 heavy (non-hydrogen) atoms. The van der Waals surface area contributed by atoms with Gasteiger partial charge in [0.2, 0.25) is 0 Å². The minimum Gasteiger partial charge on any atom is -0.380 e. The number of hydrogen-bond acceptors (Lipinski definition) is 4. The fourth-order valence-electron chi connectivity index (χ4n) is 2.19. The second kappa shape index (κ2) is 6.85. The zero-order chi connectivity index (χ0) is 14.4. The monoisotopic (exact) mass is 273 g/mol. The van der Waals surface area contributed by atoms with Crippen LogP contribution in [0.1, 0.15) is 18.4 Å². The van der Waals surface area contributed by atoms with Crippen LogP contribution in [0.3, 0.4) is 0 Å². The van der Waals surface area contributed by atoms with Crippen LogP contribution in [0.4, 0.5) is 0 Å². The van der Waals surface area contributed by atoms with Gasteiger partial charge < -0.3 is 15.4 Å². The van der Waals surface area contributed by atoms with Crippen LogP contribution >= 0.6 is 0 Å². The van der Waals surface area contributed by atoms with Crippen LogP contribution in [0.2, 0.25) is 0 Å². The third-order valence-electron chi connectivity index (χ3n) is 3.68. The molecule has 0 aromatic heterocycles. The maximum Gasteiger partial charge on any atom is 0.142 e. The van der Waals surface area contributed by atoms with Crippen LogP contribution < -0.4 is 5.73 Å². The predicted molar refractivity (Wildman–Crippen MR) is 79.0 cm³/mol. The van der Waals surface area contributed by atoms with Crippen LogP contribution in [0, 0.1) is 17.2 Å². The maximum absolute atomic E-state index is 9.41. The van der Waals surface area contributed by atoms with Crippen LogP contribution in [0.15, 0.2) is 30.3 Å². The van der Waals surface area contributed by atoms with E-state index in [1.165, 1.54) is 12.8 Å². The van der Waals surface area contributed by atoms with Crippen molar-refractivity contribution in [3.63, 3.8) is 0 Å². The van der Waals surface area contributed by atoms with Gasteiger partial charge in [-0.05, 0) is 31.4 Å². The average molecular weight is 273 g/mol. The normalized spacial score (nSPS) is 17.7. The summed E-state index contributed by atoms with van der Waals surface area (Å²) in [6, 6.07) is 11.8. The molecule has 0 saturated heterocycles. The van der Waals surface area contributed by atoms with Crippen molar-refractivity contribution in [1.82, 2.24) is 4.90 Å². The van der Waals surface area contributed by atoms with E-state index in [9.17, 15) is 5.26 Å². The van der Waals surface area contributed by atoms with E-state index in [1.807, 2.05) is 37.4 Å². The molecule has 1 saturated carbocycles. The molecule has 1 aromatic rings. The molecule has 4 heteroatoms. The second-order valence-corrected chi connectivity index (χ2v) is 5.71. The van der Waals surface area contributed by atoms with Crippen molar-refractivity contribution in [2.24, 2.45) is 11.7 Å². The summed E-state index contributed by atoms with van der Waals surface area (Å²) in [4.78, 5) is 2.06. The van der Waals surface area contributed by atoms with Gasteiger partial charge in [-0.1, -0.05) is 30.3 Å². The Morgan fingerprint density at radius 1 is 1.40 bits per heavy atom. The number of nitriles is 1. The molecule has 0 aliphatic heterocycles. The maximum atomic E-state index is 9.41. The van der Waals surface area contributed by atoms with Gasteiger partial charge in [0.1, 0.15) is 5.54 Å². The first-order valence-electron chi connectivity index (χ1n) is 7.16. The van der Waals surface area contributed by atoms with Gasteiger partial charge in [0.25, 0.3) is 0 Å². The number of rotatable bonds is 8. The molecule has 1 aromatic carbocycles. The Labute approximate surface area is 121 Å². The molecule has 0 radical (unpaired) electrons. The number of ether oxygens (including phenoxy) is 1. The summed E-state index contributed by atoms with van der Waals surface area (Å²) in [6.45, 7) is 2.86. The summed E-state index contributed by atoms with van der Waals surface area (Å²) >= 11 is 0. The van der Waals surface area contributed by atoms with Crippen molar-refractivity contribution in [3.8, 4) is 6.07 Å². The molecule has 1 aliphatic rings. The number of nitrogens with zero attached hydrogens (tertiary/aromatic N) is 2. The third-order valence-corrected chi connectivity index (χ3v) is 3.68. The average Bonchev–Trinajstić information content (AvgIpc) is 3.28. The largest absolute Gasteiger partial charge is 0.380 e. The third kappa shape index (κ3) is 4.31. The van der Waals surface area contributed by atoms with Crippen LogP contribution in [0.5, 0.6) is 0 Å². The molecule has 0 amide bonds. The van der Waals surface area contributed by atoms with Crippen molar-refractivity contribution in [2.75, 3.05) is 33.4 Å². The lowest BCUT2D eigenvalue weighted by molar-refractivity contribution is 0.0995. The number of nitrogens with two attached hydrogens (primary N) is 1. The fourth-order valence-corrected chi connectivity index (χ4v) is 2.19. The first-order valence-corrected chi connectivity index (χ1v) is 7.16. The molecular weight excluding hydrogens is 250 g/mol. The van der Waals surface area contributed by atoms with Crippen molar-refractivity contribution in [1.29, 1.82) is 5.26 Å². The summed E-state index contributed by atoms with van der Waals surface area (Å²) < 4.78 is 5.62. The lowest BCUT2D eigenvalue weighted by Gasteiger charge is -2.28. The molecule has 0 heterocycles. The summed E-state index contributed by atoms with van der Waals surface area (Å²) in [5.74, 6) is 0.789. The van der Waals surface area contributed by atoms with Gasteiger partial charge in [-0.25, -0.2) is 0 Å². The number of hydrogen-bond donors (Lipinski definition) is 1. The smallest absolute Gasteiger partial charge is 0.142 e. The second-order valence-electron chi connectivity index (χ2n) is 5.71. The first kappa shape index (κ1) is 15.0. The zero-order valence-electron chi connectivity index (χ0n) is 12.1. The van der Waals surface area contributed by atoms with Crippen LogP contribution in [-0.2, 0) is 10.3 Å². The van der Waals surface area contributed by atoms with Gasteiger partial charge in [-0.15, -0.1) is 0 Å². The van der Waals surface area contributed by atoms with Crippen molar-refractivity contribution in [2.45, 2.75) is 18.4 Å². The minimum atomic E-state index is -0.966. The Kier molecular flexibility index (Phi) is 5.13. The number of benzene rings is 1. The summed E-state index contributed by atoms with van der Waals surface area (Å²) in [7, 11) is 1.97. The Morgan fingerprint density at radius 2 is 2.10 bits per heavy atom. The standard InChI is InChI=1S/C16H23N3O/c1-19(9-10-20-11-14-7-8-14)13-16(18,12-17)15-5-3-2-4-6-15/h2-6,14H,7-11,13,18H2,1H3. The molecule has 0 spiro atoms. The van der Waals surface area contributed by atoms with Gasteiger partial charge in [0.05, 0.1) is 12.7 Å². The van der Waals surface area contributed by atoms with Gasteiger partial charge in [-0.3, -0.25) is 0 Å². The fraction of sp³-hybridized carbons (Fsp3) is 0.562. The van der Waals surface area contributed by atoms with Gasteiger partial charge >= 0.3 is 0 Å². The Morgan fingerprint density at radius 3 is 2.70 bits per heavy atom. The molecule has 108 valence electrons. The van der Waals surface area contributed by atoms with E-state index in [1.54, 1.807) is 0 Å². The molecular formula is C16H23N3O. The first-order chi connectivity index (χ1) is 9.64. The molecule has 1 aliphatic carbocycles. The van der Waals surface area contributed by atoms with E-state index in [0.29, 0.717) is 13.2 Å². The van der Waals surface area contributed by atoms with E-state index < -0.39 is 5.54 Å². The van der Waals surface area contributed by atoms with Crippen molar-refractivity contribution < 1.29 is 4.74 Å². The highest BCUT2D eigenvalue weighted by atomic mass is 16.5. The van der Waals surface area contributed by atoms with Gasteiger partial charge in [-0.2, -0.15) is 5.26 Å². The van der Waals surface area contributed by atoms with E-state index >= 15 is 0 Å². The number of likely N-dealkylation sites (N-methyl/N-ethyl adjacent to an activating group) is 1. The molecule has 1 fully saturated rings. The van der Waals surface area contributed by atoms with Crippen LogP contribution in [-0.4, -0.2) is 38.3 Å². The summed E-state index contributed by atoms with van der Waals surface area (Å²) in [5.41, 5.74) is 6.13. The van der Waals surface area contributed by atoms with Crippen LogP contribution in [0.25, 0.3) is 0 Å². The van der Waals surface area contributed by atoms with E-state index in [0.717, 1.165) is 24.6 Å². The molecule has 1 atom stereocenters. The molecule has 1 unspecified atom stereocenters. The molecule has 2 rings (SSSR count). The summed E-state index contributed by atoms with van der Waals surface area (Å²) in [5, 5.41) is 9.41. The summed E-state index contributed by atoms with van der Waals surface area (Å²) in [6.07, 6.45) is 2.62. The van der Waals surface area contributed by atoms with Crippen molar-refractivity contribution >= 4 is 0 Å². The molecule has 2 N–H and O–H groups in total. The van der Waals surface area contributed by atoms with E-state index in [2.05, 4.69) is 11.0 Å². The minimum absolute atomic E-state index is 0.500. The highest BCUT2D eigenvalue weighted by molar-refractivity contribution is 5.31. The SMILES string of the molecule is CN(CCOCC1CC1)CC(N)(C#N)c1ccccc1. The van der Waals surface area contributed by atoms with E-state index in [-0.39, 0.29) is 0 Å². The quantitative estimate of drug-likeness (QED) is 0.733.